The number of amides is 9. The summed E-state index contributed by atoms with van der Waals surface area (Å²) >= 11 is 0. The highest BCUT2D eigenvalue weighted by Crippen LogP contribution is 2.09. The number of nitrogens with two attached hydrogens (primary N) is 2. The van der Waals surface area contributed by atoms with E-state index >= 15 is 0 Å². The second-order valence-electron chi connectivity index (χ2n) is 14.8. The number of primary amides is 1. The molecule has 17 N–H and O–H groups in total. The quantitative estimate of drug-likeness (QED) is 0.0355. The molecule has 9 amide bonds. The molecule has 0 spiro atoms. The van der Waals surface area contributed by atoms with Gasteiger partial charge in [0.25, 0.3) is 0 Å². The van der Waals surface area contributed by atoms with Crippen LogP contribution in [-0.2, 0) is 59.2 Å². The Hall–Kier alpha value is -6.77. The minimum absolute atomic E-state index is 0.0667. The van der Waals surface area contributed by atoms with Crippen LogP contribution in [-0.4, -0.2) is 165 Å². The summed E-state index contributed by atoms with van der Waals surface area (Å²) in [7, 11) is 0. The molecule has 64 heavy (non-hydrogen) atoms. The number of hydrogen-bond donors (Lipinski definition) is 15. The molecular formula is C38H58N10O16. The van der Waals surface area contributed by atoms with Gasteiger partial charge in [0.2, 0.25) is 53.2 Å². The van der Waals surface area contributed by atoms with Crippen LogP contribution in [0, 0.1) is 5.92 Å². The number of carboxylic acid groups (broad SMARTS) is 2. The molecule has 26 heteroatoms. The predicted molar refractivity (Wildman–Crippen MR) is 219 cm³/mol. The summed E-state index contributed by atoms with van der Waals surface area (Å²) in [6, 6.07) is -4.11. The van der Waals surface area contributed by atoms with Crippen LogP contribution in [0.4, 0.5) is 0 Å². The third-order valence-corrected chi connectivity index (χ3v) is 8.91. The molecule has 1 aromatic carbocycles. The average Bonchev–Trinajstić information content (AvgIpc) is 3.23. The Morgan fingerprint density at radius 2 is 1.06 bits per heavy atom. The fraction of sp³-hybridized carbons (Fsp3) is 0.553. The number of rotatable bonds is 29. The SMILES string of the molecule is CC(C)C[C@H](NC(=O)[C@H](CO)NC(=O)[C@H](CC(N)=O)NC(=O)CNC(=O)[C@H](C)NC(=O)[C@H](Cc1ccccc1)NC(=O)[C@H](CO)NC(=O)[C@@H](N)CO)C(=O)N[C@@H](CCC(=O)O)C(=O)O. The molecule has 0 aliphatic rings. The Balaban J connectivity index is 3.02. The van der Waals surface area contributed by atoms with Gasteiger partial charge in [0.1, 0.15) is 48.3 Å². The summed E-state index contributed by atoms with van der Waals surface area (Å²) in [4.78, 5) is 138. The largest absolute Gasteiger partial charge is 0.481 e. The van der Waals surface area contributed by atoms with Crippen molar-refractivity contribution in [3.05, 3.63) is 35.9 Å². The Kier molecular flexibility index (Phi) is 24.2. The van der Waals surface area contributed by atoms with Crippen LogP contribution in [0.15, 0.2) is 30.3 Å². The molecule has 0 fully saturated rings. The zero-order valence-corrected chi connectivity index (χ0v) is 35.3. The van der Waals surface area contributed by atoms with Crippen molar-refractivity contribution in [1.82, 2.24) is 42.5 Å². The first kappa shape index (κ1) is 55.2. The van der Waals surface area contributed by atoms with E-state index in [0.29, 0.717) is 5.56 Å². The molecular weight excluding hydrogens is 852 g/mol. The predicted octanol–water partition coefficient (Wildman–Crippen LogP) is -7.07. The fourth-order valence-electron chi connectivity index (χ4n) is 5.48. The van der Waals surface area contributed by atoms with E-state index in [1.165, 1.54) is 6.92 Å². The van der Waals surface area contributed by atoms with Gasteiger partial charge in [-0.3, -0.25) is 47.9 Å². The van der Waals surface area contributed by atoms with Crippen LogP contribution in [0.25, 0.3) is 0 Å². The molecule has 0 heterocycles. The lowest BCUT2D eigenvalue weighted by molar-refractivity contribution is -0.143. The van der Waals surface area contributed by atoms with Crippen LogP contribution in [0.5, 0.6) is 0 Å². The molecule has 0 aliphatic heterocycles. The fourth-order valence-corrected chi connectivity index (χ4v) is 5.48. The molecule has 0 saturated carbocycles. The van der Waals surface area contributed by atoms with Gasteiger partial charge in [0, 0.05) is 12.8 Å². The van der Waals surface area contributed by atoms with Gasteiger partial charge in [-0.1, -0.05) is 44.2 Å². The summed E-state index contributed by atoms with van der Waals surface area (Å²) in [5, 5.41) is 64.9. The zero-order chi connectivity index (χ0) is 48.7. The molecule has 0 bridgehead atoms. The van der Waals surface area contributed by atoms with E-state index in [9.17, 15) is 68.1 Å². The first-order valence-electron chi connectivity index (χ1n) is 19.8. The van der Waals surface area contributed by atoms with Crippen LogP contribution in [0.2, 0.25) is 0 Å². The zero-order valence-electron chi connectivity index (χ0n) is 35.3. The Labute approximate surface area is 366 Å². The normalized spacial score (nSPS) is 14.6. The smallest absolute Gasteiger partial charge is 0.326 e. The number of benzene rings is 1. The van der Waals surface area contributed by atoms with Crippen LogP contribution >= 0.6 is 0 Å². The van der Waals surface area contributed by atoms with E-state index in [-0.39, 0.29) is 18.8 Å². The van der Waals surface area contributed by atoms with Crippen molar-refractivity contribution in [2.75, 3.05) is 26.4 Å². The summed E-state index contributed by atoms with van der Waals surface area (Å²) in [5.41, 5.74) is 11.3. The van der Waals surface area contributed by atoms with Crippen LogP contribution < -0.4 is 54.0 Å². The second-order valence-corrected chi connectivity index (χ2v) is 14.8. The highest BCUT2D eigenvalue weighted by atomic mass is 16.4. The number of aliphatic carboxylic acids is 2. The summed E-state index contributed by atoms with van der Waals surface area (Å²) in [5.74, 6) is -12.5. The van der Waals surface area contributed by atoms with Gasteiger partial charge in [-0.15, -0.1) is 0 Å². The average molecular weight is 911 g/mol. The summed E-state index contributed by atoms with van der Waals surface area (Å²) < 4.78 is 0. The highest BCUT2D eigenvalue weighted by molar-refractivity contribution is 5.98. The minimum atomic E-state index is -1.80. The maximum Gasteiger partial charge on any atom is 0.326 e. The van der Waals surface area contributed by atoms with Gasteiger partial charge < -0.3 is 79.5 Å². The minimum Gasteiger partial charge on any atom is -0.481 e. The molecule has 356 valence electrons. The number of hydrogen-bond acceptors (Lipinski definition) is 15. The van der Waals surface area contributed by atoms with Gasteiger partial charge in [-0.2, -0.15) is 0 Å². The second kappa shape index (κ2) is 28.0. The Morgan fingerprint density at radius 1 is 0.578 bits per heavy atom. The number of carbonyl (C=O) groups is 11. The van der Waals surface area contributed by atoms with Crippen molar-refractivity contribution < 1.29 is 78.3 Å². The number of carbonyl (C=O) groups excluding carboxylic acids is 9. The molecule has 8 atom stereocenters. The number of nitrogens with one attached hydrogen (secondary N) is 8. The summed E-state index contributed by atoms with van der Waals surface area (Å²) in [6.45, 7) is 0.964. The topological polar surface area (TPSA) is 437 Å². The maximum atomic E-state index is 13.4. The van der Waals surface area contributed by atoms with Crippen molar-refractivity contribution >= 4 is 65.1 Å². The van der Waals surface area contributed by atoms with E-state index < -0.39 is 159 Å². The number of carboxylic acids is 2. The number of aliphatic hydroxyl groups is 3. The molecule has 0 aliphatic carbocycles. The lowest BCUT2D eigenvalue weighted by atomic mass is 10.0. The molecule has 1 rings (SSSR count). The van der Waals surface area contributed by atoms with Gasteiger partial charge in [0.05, 0.1) is 32.8 Å². The van der Waals surface area contributed by atoms with E-state index in [1.54, 1.807) is 44.2 Å². The van der Waals surface area contributed by atoms with Crippen molar-refractivity contribution in [2.45, 2.75) is 101 Å². The van der Waals surface area contributed by atoms with E-state index in [0.717, 1.165) is 0 Å². The van der Waals surface area contributed by atoms with E-state index in [2.05, 4.69) is 42.5 Å². The van der Waals surface area contributed by atoms with Gasteiger partial charge in [-0.05, 0) is 31.2 Å². The van der Waals surface area contributed by atoms with E-state index in [1.807, 2.05) is 0 Å². The lowest BCUT2D eigenvalue weighted by Crippen LogP contribution is -2.60. The molecule has 1 aromatic rings. The van der Waals surface area contributed by atoms with E-state index in [4.69, 9.17) is 21.7 Å². The van der Waals surface area contributed by atoms with Gasteiger partial charge >= 0.3 is 11.9 Å². The third kappa shape index (κ3) is 20.4. The van der Waals surface area contributed by atoms with Crippen molar-refractivity contribution in [3.63, 3.8) is 0 Å². The Bertz CT molecular complexity index is 1820. The van der Waals surface area contributed by atoms with Crippen molar-refractivity contribution in [2.24, 2.45) is 17.4 Å². The first-order valence-corrected chi connectivity index (χ1v) is 19.8. The third-order valence-electron chi connectivity index (χ3n) is 8.91. The van der Waals surface area contributed by atoms with Gasteiger partial charge in [0.15, 0.2) is 0 Å². The Morgan fingerprint density at radius 3 is 1.56 bits per heavy atom. The molecule has 0 saturated heterocycles. The lowest BCUT2D eigenvalue weighted by Gasteiger charge is -2.26. The molecule has 0 aromatic heterocycles. The van der Waals surface area contributed by atoms with Crippen LogP contribution in [0.3, 0.4) is 0 Å². The standard InChI is InChI=1S/C38H58N10O16/c1-18(2)11-23(34(59)44-22(38(63)64)9-10-30(54)55)45-37(62)27(17-51)48-35(60)25(13-28(40)52)43-29(53)14-41-31(56)19(3)42-33(58)24(12-20-7-5-4-6-8-20)46-36(61)26(16-50)47-32(57)21(39)15-49/h4-8,18-19,21-27,49-51H,9-17,39H2,1-3H3,(H2,40,52)(H,41,56)(H,42,58)(H,43,53)(H,44,59)(H,45,62)(H,46,61)(H,47,57)(H,48,60)(H,54,55)(H,63,64)/t19-,21-,22-,23-,24-,25-,26-,27-/m0/s1. The summed E-state index contributed by atoms with van der Waals surface area (Å²) in [6.07, 6.45) is -2.10. The van der Waals surface area contributed by atoms with Crippen molar-refractivity contribution in [1.29, 1.82) is 0 Å². The van der Waals surface area contributed by atoms with Crippen molar-refractivity contribution in [3.8, 4) is 0 Å². The highest BCUT2D eigenvalue weighted by Gasteiger charge is 2.33. The van der Waals surface area contributed by atoms with Gasteiger partial charge in [-0.25, -0.2) is 4.79 Å². The monoisotopic (exact) mass is 910 g/mol. The van der Waals surface area contributed by atoms with Crippen LogP contribution in [0.1, 0.15) is 52.0 Å². The molecule has 0 radical (unpaired) electrons. The molecule has 26 nitrogen and oxygen atoms in total. The number of aliphatic hydroxyl groups excluding tert-OH is 3. The molecule has 0 unspecified atom stereocenters. The maximum absolute atomic E-state index is 13.4. The first-order chi connectivity index (χ1) is 30.0.